The molecule has 2 aromatic carbocycles. The van der Waals surface area contributed by atoms with Gasteiger partial charge in [0.15, 0.2) is 0 Å². The summed E-state index contributed by atoms with van der Waals surface area (Å²) in [7, 11) is 1.58. The molecule has 0 aliphatic carbocycles. The number of aryl methyl sites for hydroxylation is 1. The highest BCUT2D eigenvalue weighted by Gasteiger charge is 2.10. The first-order chi connectivity index (χ1) is 12.5. The fourth-order valence-corrected chi connectivity index (χ4v) is 2.42. The van der Waals surface area contributed by atoms with Crippen molar-refractivity contribution in [2.45, 2.75) is 13.5 Å². The van der Waals surface area contributed by atoms with Crippen LogP contribution in [0.2, 0.25) is 0 Å². The Bertz CT molecular complexity index is 961. The van der Waals surface area contributed by atoms with Crippen LogP contribution < -0.4 is 15.6 Å². The number of aromatic nitrogens is 2. The molecule has 6 nitrogen and oxygen atoms in total. The smallest absolute Gasteiger partial charge is 0.276 e. The summed E-state index contributed by atoms with van der Waals surface area (Å²) >= 11 is 0. The minimum atomic E-state index is -0.382. The molecule has 6 heteroatoms. The van der Waals surface area contributed by atoms with E-state index in [0.717, 1.165) is 11.1 Å². The third-order valence-electron chi connectivity index (χ3n) is 3.90. The van der Waals surface area contributed by atoms with E-state index in [0.29, 0.717) is 18.0 Å². The van der Waals surface area contributed by atoms with Crippen molar-refractivity contribution >= 4 is 11.6 Å². The Labute approximate surface area is 151 Å². The van der Waals surface area contributed by atoms with Crippen LogP contribution in [0, 0.1) is 6.92 Å². The first-order valence-corrected chi connectivity index (χ1v) is 8.14. The summed E-state index contributed by atoms with van der Waals surface area (Å²) < 4.78 is 6.37. The highest BCUT2D eigenvalue weighted by molar-refractivity contribution is 6.02. The van der Waals surface area contributed by atoms with Gasteiger partial charge in [-0.15, -0.1) is 0 Å². The van der Waals surface area contributed by atoms with Crippen molar-refractivity contribution in [1.29, 1.82) is 0 Å². The zero-order chi connectivity index (χ0) is 18.5. The Morgan fingerprint density at radius 1 is 1.04 bits per heavy atom. The third-order valence-corrected chi connectivity index (χ3v) is 3.90. The highest BCUT2D eigenvalue weighted by atomic mass is 16.5. The van der Waals surface area contributed by atoms with Crippen molar-refractivity contribution in [1.82, 2.24) is 9.78 Å². The zero-order valence-corrected chi connectivity index (χ0v) is 14.6. The van der Waals surface area contributed by atoms with E-state index in [4.69, 9.17) is 4.74 Å². The SMILES string of the molecule is COc1ccc(NC(=O)c2ccc(=O)n(Cc3ccc(C)cc3)n2)cc1. The maximum Gasteiger partial charge on any atom is 0.276 e. The van der Waals surface area contributed by atoms with Crippen molar-refractivity contribution in [2.75, 3.05) is 12.4 Å². The molecule has 132 valence electrons. The standard InChI is InChI=1S/C20H19N3O3/c1-14-3-5-15(6-4-14)13-23-19(24)12-11-18(22-23)20(25)21-16-7-9-17(26-2)10-8-16/h3-12H,13H2,1-2H3,(H,21,25). The van der Waals surface area contributed by atoms with E-state index < -0.39 is 0 Å². The predicted octanol–water partition coefficient (Wildman–Crippen LogP) is 2.86. The van der Waals surface area contributed by atoms with E-state index in [1.165, 1.54) is 16.8 Å². The molecule has 0 saturated carbocycles. The summed E-state index contributed by atoms with van der Waals surface area (Å²) in [5, 5.41) is 6.94. The average molecular weight is 349 g/mol. The van der Waals surface area contributed by atoms with Gasteiger partial charge in [0, 0.05) is 11.8 Å². The first kappa shape index (κ1) is 17.4. The van der Waals surface area contributed by atoms with Gasteiger partial charge in [0.05, 0.1) is 13.7 Å². The van der Waals surface area contributed by atoms with Crippen LogP contribution in [0.1, 0.15) is 21.6 Å². The van der Waals surface area contributed by atoms with E-state index in [2.05, 4.69) is 10.4 Å². The summed E-state index contributed by atoms with van der Waals surface area (Å²) in [6.07, 6.45) is 0. The summed E-state index contributed by atoms with van der Waals surface area (Å²) in [5.74, 6) is 0.320. The number of amides is 1. The number of methoxy groups -OCH3 is 1. The number of benzene rings is 2. The lowest BCUT2D eigenvalue weighted by Crippen LogP contribution is -2.26. The van der Waals surface area contributed by atoms with Gasteiger partial charge in [-0.2, -0.15) is 5.10 Å². The number of carbonyl (C=O) groups is 1. The Hall–Kier alpha value is -3.41. The van der Waals surface area contributed by atoms with Crippen LogP contribution in [0.25, 0.3) is 0 Å². The first-order valence-electron chi connectivity index (χ1n) is 8.14. The summed E-state index contributed by atoms with van der Waals surface area (Å²) in [5.41, 5.74) is 2.62. The van der Waals surface area contributed by atoms with Crippen LogP contribution in [-0.2, 0) is 6.54 Å². The molecule has 1 aromatic heterocycles. The maximum atomic E-state index is 12.4. The second-order valence-electron chi connectivity index (χ2n) is 5.88. The van der Waals surface area contributed by atoms with Crippen LogP contribution in [0.4, 0.5) is 5.69 Å². The third kappa shape index (κ3) is 4.16. The quantitative estimate of drug-likeness (QED) is 0.769. The van der Waals surface area contributed by atoms with Crippen molar-refractivity contribution in [3.8, 4) is 5.75 Å². The van der Waals surface area contributed by atoms with Crippen LogP contribution >= 0.6 is 0 Å². The maximum absolute atomic E-state index is 12.4. The van der Waals surface area contributed by atoms with Gasteiger partial charge in [-0.3, -0.25) is 9.59 Å². The molecule has 0 radical (unpaired) electrons. The second kappa shape index (κ2) is 7.65. The molecular weight excluding hydrogens is 330 g/mol. The molecule has 26 heavy (non-hydrogen) atoms. The molecule has 1 heterocycles. The summed E-state index contributed by atoms with van der Waals surface area (Å²) in [6.45, 7) is 2.31. The van der Waals surface area contributed by atoms with Crippen LogP contribution in [0.5, 0.6) is 5.75 Å². The van der Waals surface area contributed by atoms with Gasteiger partial charge < -0.3 is 10.1 Å². The van der Waals surface area contributed by atoms with Gasteiger partial charge in [-0.05, 0) is 42.8 Å². The van der Waals surface area contributed by atoms with Gasteiger partial charge >= 0.3 is 0 Å². The lowest BCUT2D eigenvalue weighted by atomic mass is 10.1. The Balaban J connectivity index is 1.78. The number of rotatable bonds is 5. The fourth-order valence-electron chi connectivity index (χ4n) is 2.42. The number of nitrogens with zero attached hydrogens (tertiary/aromatic N) is 2. The molecule has 0 unspecified atom stereocenters. The molecule has 1 amide bonds. The monoisotopic (exact) mass is 349 g/mol. The minimum Gasteiger partial charge on any atom is -0.497 e. The lowest BCUT2D eigenvalue weighted by Gasteiger charge is -2.09. The van der Waals surface area contributed by atoms with E-state index in [1.54, 1.807) is 31.4 Å². The Morgan fingerprint density at radius 2 is 1.73 bits per heavy atom. The number of ether oxygens (including phenoxy) is 1. The van der Waals surface area contributed by atoms with Crippen LogP contribution in [-0.4, -0.2) is 22.8 Å². The van der Waals surface area contributed by atoms with Gasteiger partial charge in [-0.1, -0.05) is 29.8 Å². The van der Waals surface area contributed by atoms with E-state index >= 15 is 0 Å². The molecule has 0 spiro atoms. The molecule has 0 atom stereocenters. The Kier molecular flexibility index (Phi) is 5.12. The highest BCUT2D eigenvalue weighted by Crippen LogP contribution is 2.15. The second-order valence-corrected chi connectivity index (χ2v) is 5.88. The van der Waals surface area contributed by atoms with E-state index in [-0.39, 0.29) is 17.2 Å². The molecule has 1 N–H and O–H groups in total. The molecule has 0 bridgehead atoms. The number of carbonyl (C=O) groups excluding carboxylic acids is 1. The van der Waals surface area contributed by atoms with Crippen molar-refractivity contribution in [3.63, 3.8) is 0 Å². The fraction of sp³-hybridized carbons (Fsp3) is 0.150. The number of hydrogen-bond acceptors (Lipinski definition) is 4. The van der Waals surface area contributed by atoms with Crippen LogP contribution in [0.15, 0.2) is 65.5 Å². The van der Waals surface area contributed by atoms with Crippen molar-refractivity contribution < 1.29 is 9.53 Å². The van der Waals surface area contributed by atoms with E-state index in [9.17, 15) is 9.59 Å². The van der Waals surface area contributed by atoms with Gasteiger partial charge in [0.1, 0.15) is 11.4 Å². The predicted molar refractivity (Wildman–Crippen MR) is 99.7 cm³/mol. The topological polar surface area (TPSA) is 73.2 Å². The largest absolute Gasteiger partial charge is 0.497 e. The zero-order valence-electron chi connectivity index (χ0n) is 14.6. The molecule has 0 aliphatic rings. The minimum absolute atomic E-state index is 0.174. The van der Waals surface area contributed by atoms with Crippen molar-refractivity contribution in [3.05, 3.63) is 87.8 Å². The summed E-state index contributed by atoms with van der Waals surface area (Å²) in [4.78, 5) is 24.5. The molecule has 0 saturated heterocycles. The lowest BCUT2D eigenvalue weighted by molar-refractivity contribution is 0.102. The number of anilines is 1. The molecule has 3 rings (SSSR count). The molecular formula is C20H19N3O3. The molecule has 0 aliphatic heterocycles. The van der Waals surface area contributed by atoms with E-state index in [1.807, 2.05) is 31.2 Å². The number of nitrogens with one attached hydrogen (secondary N) is 1. The summed E-state index contributed by atoms with van der Waals surface area (Å²) in [6, 6.07) is 17.6. The average Bonchev–Trinajstić information content (AvgIpc) is 2.66. The molecule has 0 fully saturated rings. The molecule has 3 aromatic rings. The van der Waals surface area contributed by atoms with Gasteiger partial charge in [0.2, 0.25) is 0 Å². The Morgan fingerprint density at radius 3 is 2.38 bits per heavy atom. The van der Waals surface area contributed by atoms with Crippen LogP contribution in [0.3, 0.4) is 0 Å². The van der Waals surface area contributed by atoms with Gasteiger partial charge in [0.25, 0.3) is 11.5 Å². The normalized spacial score (nSPS) is 10.4. The number of hydrogen-bond donors (Lipinski definition) is 1. The van der Waals surface area contributed by atoms with Crippen molar-refractivity contribution in [2.24, 2.45) is 0 Å². The van der Waals surface area contributed by atoms with Gasteiger partial charge in [-0.25, -0.2) is 4.68 Å².